The maximum Gasteiger partial charge on any atom is 0.255 e. The highest BCUT2D eigenvalue weighted by molar-refractivity contribution is 6.04. The number of aryl methyl sites for hydroxylation is 3. The number of fused-ring (bicyclic) bond motifs is 1. The number of pyridine rings is 1. The standard InChI is InChI=1S/C16H15FN4O/c1-9-4-5-11(6-14(9)17)16(22)19-12-7-13-10(2)20-21(3)15(13)18-8-12/h4-8H,1-3H3,(H,19,22). The molecule has 0 radical (unpaired) electrons. The van der Waals surface area contributed by atoms with E-state index in [0.717, 1.165) is 16.7 Å². The van der Waals surface area contributed by atoms with Crippen LogP contribution in [0.4, 0.5) is 10.1 Å². The lowest BCUT2D eigenvalue weighted by Crippen LogP contribution is -2.12. The number of hydrogen-bond acceptors (Lipinski definition) is 3. The molecule has 2 heterocycles. The number of anilines is 1. The lowest BCUT2D eigenvalue weighted by Gasteiger charge is -2.06. The molecule has 2 aromatic heterocycles. The first-order valence-electron chi connectivity index (χ1n) is 6.82. The van der Waals surface area contributed by atoms with Gasteiger partial charge in [-0.2, -0.15) is 5.10 Å². The Labute approximate surface area is 126 Å². The van der Waals surface area contributed by atoms with Gasteiger partial charge in [0.1, 0.15) is 5.82 Å². The topological polar surface area (TPSA) is 59.8 Å². The highest BCUT2D eigenvalue weighted by Gasteiger charge is 2.11. The second-order valence-corrected chi connectivity index (χ2v) is 5.22. The van der Waals surface area contributed by atoms with Crippen LogP contribution in [-0.2, 0) is 7.05 Å². The zero-order valence-electron chi connectivity index (χ0n) is 12.5. The summed E-state index contributed by atoms with van der Waals surface area (Å²) in [6, 6.07) is 6.21. The van der Waals surface area contributed by atoms with Crippen molar-refractivity contribution in [3.8, 4) is 0 Å². The minimum Gasteiger partial charge on any atom is -0.321 e. The second kappa shape index (κ2) is 5.22. The molecular weight excluding hydrogens is 283 g/mol. The molecule has 3 aromatic rings. The van der Waals surface area contributed by atoms with Crippen molar-refractivity contribution in [1.82, 2.24) is 14.8 Å². The van der Waals surface area contributed by atoms with E-state index in [0.29, 0.717) is 11.3 Å². The van der Waals surface area contributed by atoms with Crippen LogP contribution in [0.15, 0.2) is 30.5 Å². The number of carbonyl (C=O) groups is 1. The van der Waals surface area contributed by atoms with Crippen molar-refractivity contribution >= 4 is 22.6 Å². The Bertz CT molecular complexity index is 885. The zero-order valence-corrected chi connectivity index (χ0v) is 12.5. The molecule has 0 saturated heterocycles. The van der Waals surface area contributed by atoms with E-state index < -0.39 is 5.82 Å². The molecule has 0 aliphatic rings. The van der Waals surface area contributed by atoms with Crippen molar-refractivity contribution < 1.29 is 9.18 Å². The van der Waals surface area contributed by atoms with Crippen molar-refractivity contribution in [2.24, 2.45) is 7.05 Å². The fourth-order valence-corrected chi connectivity index (χ4v) is 2.31. The minimum atomic E-state index is -0.399. The van der Waals surface area contributed by atoms with E-state index in [1.165, 1.54) is 6.07 Å². The molecule has 1 aromatic carbocycles. The van der Waals surface area contributed by atoms with Crippen molar-refractivity contribution in [1.29, 1.82) is 0 Å². The third-order valence-electron chi connectivity index (χ3n) is 3.55. The molecule has 0 spiro atoms. The van der Waals surface area contributed by atoms with E-state index >= 15 is 0 Å². The molecule has 3 rings (SSSR count). The molecule has 6 heteroatoms. The summed E-state index contributed by atoms with van der Waals surface area (Å²) >= 11 is 0. The fourth-order valence-electron chi connectivity index (χ4n) is 2.31. The van der Waals surface area contributed by atoms with E-state index in [9.17, 15) is 9.18 Å². The number of nitrogens with zero attached hydrogens (tertiary/aromatic N) is 3. The van der Waals surface area contributed by atoms with Gasteiger partial charge in [0.15, 0.2) is 5.65 Å². The Hall–Kier alpha value is -2.76. The minimum absolute atomic E-state index is 0.270. The van der Waals surface area contributed by atoms with Gasteiger partial charge in [-0.3, -0.25) is 9.48 Å². The summed E-state index contributed by atoms with van der Waals surface area (Å²) in [5, 5.41) is 7.88. The molecule has 112 valence electrons. The molecule has 0 aliphatic carbocycles. The van der Waals surface area contributed by atoms with E-state index in [2.05, 4.69) is 15.4 Å². The lowest BCUT2D eigenvalue weighted by molar-refractivity contribution is 0.102. The molecular formula is C16H15FN4O. The largest absolute Gasteiger partial charge is 0.321 e. The molecule has 0 atom stereocenters. The summed E-state index contributed by atoms with van der Waals surface area (Å²) in [4.78, 5) is 16.5. The summed E-state index contributed by atoms with van der Waals surface area (Å²) in [5.41, 5.74) is 2.91. The van der Waals surface area contributed by atoms with Crippen LogP contribution in [0, 0.1) is 19.7 Å². The number of amides is 1. The van der Waals surface area contributed by atoms with Crippen molar-refractivity contribution in [2.75, 3.05) is 5.32 Å². The van der Waals surface area contributed by atoms with Gasteiger partial charge in [-0.25, -0.2) is 9.37 Å². The Morgan fingerprint density at radius 3 is 2.77 bits per heavy atom. The van der Waals surface area contributed by atoms with Gasteiger partial charge in [0.05, 0.1) is 17.6 Å². The number of carbonyl (C=O) groups excluding carboxylic acids is 1. The van der Waals surface area contributed by atoms with Gasteiger partial charge < -0.3 is 5.32 Å². The van der Waals surface area contributed by atoms with Gasteiger partial charge in [-0.1, -0.05) is 6.07 Å². The Kier molecular flexibility index (Phi) is 3.36. The summed E-state index contributed by atoms with van der Waals surface area (Å²) in [6.45, 7) is 3.53. The van der Waals surface area contributed by atoms with Crippen LogP contribution in [0.3, 0.4) is 0 Å². The molecule has 0 fully saturated rings. The maximum atomic E-state index is 13.5. The average Bonchev–Trinajstić information content (AvgIpc) is 2.76. The summed E-state index contributed by atoms with van der Waals surface area (Å²) in [5.74, 6) is -0.772. The second-order valence-electron chi connectivity index (χ2n) is 5.22. The summed E-state index contributed by atoms with van der Waals surface area (Å²) in [7, 11) is 1.82. The van der Waals surface area contributed by atoms with Crippen LogP contribution in [-0.4, -0.2) is 20.7 Å². The number of rotatable bonds is 2. The van der Waals surface area contributed by atoms with Crippen molar-refractivity contribution in [3.05, 3.63) is 53.1 Å². The average molecular weight is 298 g/mol. The first-order chi connectivity index (χ1) is 10.5. The molecule has 1 amide bonds. The molecule has 0 unspecified atom stereocenters. The van der Waals surface area contributed by atoms with Gasteiger partial charge in [0.2, 0.25) is 0 Å². The number of benzene rings is 1. The van der Waals surface area contributed by atoms with Gasteiger partial charge in [-0.05, 0) is 37.6 Å². The maximum absolute atomic E-state index is 13.5. The van der Waals surface area contributed by atoms with Crippen LogP contribution in [0.2, 0.25) is 0 Å². The zero-order chi connectivity index (χ0) is 15.9. The Balaban J connectivity index is 1.90. The third kappa shape index (κ3) is 2.43. The SMILES string of the molecule is Cc1ccc(C(=O)Nc2cnc3c(c2)c(C)nn3C)cc1F. The first-order valence-corrected chi connectivity index (χ1v) is 6.82. The molecule has 5 nitrogen and oxygen atoms in total. The predicted octanol–water partition coefficient (Wildman–Crippen LogP) is 2.98. The molecule has 22 heavy (non-hydrogen) atoms. The van der Waals surface area contributed by atoms with E-state index in [1.54, 1.807) is 29.9 Å². The normalized spacial score (nSPS) is 10.9. The van der Waals surface area contributed by atoms with Crippen LogP contribution in [0.25, 0.3) is 11.0 Å². The molecule has 1 N–H and O–H groups in total. The van der Waals surface area contributed by atoms with E-state index in [4.69, 9.17) is 0 Å². The molecule has 0 aliphatic heterocycles. The Morgan fingerprint density at radius 2 is 2.05 bits per heavy atom. The quantitative estimate of drug-likeness (QED) is 0.791. The highest BCUT2D eigenvalue weighted by Crippen LogP contribution is 2.20. The van der Waals surface area contributed by atoms with Crippen LogP contribution in [0.5, 0.6) is 0 Å². The van der Waals surface area contributed by atoms with Crippen LogP contribution < -0.4 is 5.32 Å². The third-order valence-corrected chi connectivity index (χ3v) is 3.55. The number of nitrogens with one attached hydrogen (secondary N) is 1. The van der Waals surface area contributed by atoms with Gasteiger partial charge in [0, 0.05) is 18.0 Å². The summed E-state index contributed by atoms with van der Waals surface area (Å²) in [6.07, 6.45) is 1.56. The number of aromatic nitrogens is 3. The predicted molar refractivity (Wildman–Crippen MR) is 82.3 cm³/mol. The fraction of sp³-hybridized carbons (Fsp3) is 0.188. The monoisotopic (exact) mass is 298 g/mol. The molecule has 0 saturated carbocycles. The van der Waals surface area contributed by atoms with E-state index in [-0.39, 0.29) is 11.5 Å². The van der Waals surface area contributed by atoms with Crippen molar-refractivity contribution in [3.63, 3.8) is 0 Å². The molecule has 0 bridgehead atoms. The van der Waals surface area contributed by atoms with Crippen molar-refractivity contribution in [2.45, 2.75) is 13.8 Å². The van der Waals surface area contributed by atoms with Crippen LogP contribution >= 0.6 is 0 Å². The summed E-state index contributed by atoms with van der Waals surface area (Å²) < 4.78 is 15.2. The van der Waals surface area contributed by atoms with Crippen LogP contribution in [0.1, 0.15) is 21.6 Å². The highest BCUT2D eigenvalue weighted by atomic mass is 19.1. The van der Waals surface area contributed by atoms with Gasteiger partial charge in [0.25, 0.3) is 5.91 Å². The van der Waals surface area contributed by atoms with Gasteiger partial charge >= 0.3 is 0 Å². The van der Waals surface area contributed by atoms with E-state index in [1.807, 2.05) is 20.0 Å². The first kappa shape index (κ1) is 14.2. The number of hydrogen-bond donors (Lipinski definition) is 1. The smallest absolute Gasteiger partial charge is 0.255 e. The van der Waals surface area contributed by atoms with Gasteiger partial charge in [-0.15, -0.1) is 0 Å². The Morgan fingerprint density at radius 1 is 1.27 bits per heavy atom. The lowest BCUT2D eigenvalue weighted by atomic mass is 10.1. The number of halogens is 1.